The minimum Gasteiger partial charge on any atom is -0.493 e. The molecule has 1 saturated heterocycles. The summed E-state index contributed by atoms with van der Waals surface area (Å²) < 4.78 is 31.4. The largest absolute Gasteiger partial charge is 0.493 e. The highest BCUT2D eigenvalue weighted by Gasteiger charge is 2.56. The predicted molar refractivity (Wildman–Crippen MR) is 165 cm³/mol. The number of hydrogen-bond donors (Lipinski definition) is 2. The monoisotopic (exact) mass is 613 g/mol. The van der Waals surface area contributed by atoms with Crippen LogP contribution in [0.2, 0.25) is 0 Å². The number of amides is 3. The SMILES string of the molecule is COc1cc2nccc(Oc3ccc(NC(=O)C4(C(=O)Nc5ccccc5F)CC4)cc3)c2cc1OC(=O)N1CCN(C)CC1. The summed E-state index contributed by atoms with van der Waals surface area (Å²) >= 11 is 0. The van der Waals surface area contributed by atoms with Crippen LogP contribution in [0.5, 0.6) is 23.0 Å². The Kier molecular flexibility index (Phi) is 8.22. The molecule has 3 amide bonds. The van der Waals surface area contributed by atoms with Gasteiger partial charge < -0.3 is 34.6 Å². The van der Waals surface area contributed by atoms with Gasteiger partial charge in [0.15, 0.2) is 11.5 Å². The molecule has 1 aromatic heterocycles. The van der Waals surface area contributed by atoms with Crippen LogP contribution < -0.4 is 24.8 Å². The van der Waals surface area contributed by atoms with E-state index in [2.05, 4.69) is 20.5 Å². The molecule has 45 heavy (non-hydrogen) atoms. The second-order valence-electron chi connectivity index (χ2n) is 11.1. The minimum absolute atomic E-state index is 0.0328. The Labute approximate surface area is 258 Å². The molecule has 2 aliphatic rings. The number of rotatable bonds is 8. The van der Waals surface area contributed by atoms with E-state index in [0.29, 0.717) is 59.8 Å². The number of likely N-dealkylation sites (N-methyl/N-ethyl adjacent to an activating group) is 1. The van der Waals surface area contributed by atoms with E-state index in [1.54, 1.807) is 59.6 Å². The lowest BCUT2D eigenvalue weighted by Gasteiger charge is -2.31. The number of nitrogens with zero attached hydrogens (tertiary/aromatic N) is 3. The normalized spacial score (nSPS) is 15.7. The Morgan fingerprint density at radius 2 is 1.58 bits per heavy atom. The molecule has 0 atom stereocenters. The van der Waals surface area contributed by atoms with E-state index in [0.717, 1.165) is 13.1 Å². The van der Waals surface area contributed by atoms with Gasteiger partial charge in [0.1, 0.15) is 22.7 Å². The number of hydrogen-bond acceptors (Lipinski definition) is 8. The second kappa shape index (κ2) is 12.4. The molecule has 232 valence electrons. The average Bonchev–Trinajstić information content (AvgIpc) is 3.86. The molecule has 1 saturated carbocycles. The van der Waals surface area contributed by atoms with Gasteiger partial charge in [-0.15, -0.1) is 0 Å². The van der Waals surface area contributed by atoms with Crippen LogP contribution >= 0.6 is 0 Å². The third kappa shape index (κ3) is 6.36. The van der Waals surface area contributed by atoms with Crippen molar-refractivity contribution >= 4 is 40.2 Å². The van der Waals surface area contributed by atoms with Crippen molar-refractivity contribution in [1.82, 2.24) is 14.8 Å². The number of fused-ring (bicyclic) bond motifs is 1. The first kappa shape index (κ1) is 29.8. The molecule has 1 aliphatic heterocycles. The lowest BCUT2D eigenvalue weighted by atomic mass is 10.0. The molecule has 6 rings (SSSR count). The fraction of sp³-hybridized carbons (Fsp3) is 0.273. The molecule has 3 aromatic carbocycles. The number of piperazine rings is 1. The number of aromatic nitrogens is 1. The van der Waals surface area contributed by atoms with Crippen LogP contribution in [0.4, 0.5) is 20.6 Å². The summed E-state index contributed by atoms with van der Waals surface area (Å²) in [5, 5.41) is 5.92. The number of carbonyl (C=O) groups excluding carboxylic acids is 3. The van der Waals surface area contributed by atoms with Crippen molar-refractivity contribution in [3.05, 3.63) is 78.7 Å². The average molecular weight is 614 g/mol. The van der Waals surface area contributed by atoms with E-state index in [1.165, 1.54) is 25.3 Å². The number of pyridine rings is 1. The zero-order valence-corrected chi connectivity index (χ0v) is 24.8. The Bertz CT molecular complexity index is 1750. The van der Waals surface area contributed by atoms with Crippen molar-refractivity contribution in [3.63, 3.8) is 0 Å². The maximum atomic E-state index is 14.0. The Morgan fingerprint density at radius 3 is 2.27 bits per heavy atom. The summed E-state index contributed by atoms with van der Waals surface area (Å²) in [6.45, 7) is 2.67. The maximum Gasteiger partial charge on any atom is 0.415 e. The van der Waals surface area contributed by atoms with E-state index < -0.39 is 29.1 Å². The van der Waals surface area contributed by atoms with Gasteiger partial charge in [0.2, 0.25) is 11.8 Å². The maximum absolute atomic E-state index is 14.0. The molecule has 2 N–H and O–H groups in total. The lowest BCUT2D eigenvalue weighted by Crippen LogP contribution is -2.48. The highest BCUT2D eigenvalue weighted by Crippen LogP contribution is 2.47. The first-order chi connectivity index (χ1) is 21.8. The second-order valence-corrected chi connectivity index (χ2v) is 11.1. The number of anilines is 2. The van der Waals surface area contributed by atoms with Crippen molar-refractivity contribution in [2.45, 2.75) is 12.8 Å². The molecular formula is C33H32FN5O6. The van der Waals surface area contributed by atoms with Crippen molar-refractivity contribution in [2.24, 2.45) is 5.41 Å². The standard InChI is InChI=1S/C33H32FN5O6/c1-38-15-17-39(18-16-38)32(42)45-29-19-23-26(20-28(29)43-2)35-14-11-27(23)44-22-9-7-21(8-10-22)36-30(40)33(12-13-33)31(41)37-25-6-4-3-5-24(25)34/h3-11,14,19-20H,12-13,15-18H2,1-2H3,(H,36,40)(H,37,41). The van der Waals surface area contributed by atoms with Crippen LogP contribution in [0.15, 0.2) is 72.9 Å². The molecule has 12 heteroatoms. The van der Waals surface area contributed by atoms with E-state index >= 15 is 0 Å². The molecule has 0 bridgehead atoms. The Balaban J connectivity index is 1.14. The van der Waals surface area contributed by atoms with Gasteiger partial charge in [-0.05, 0) is 68.4 Å². The summed E-state index contributed by atoms with van der Waals surface area (Å²) in [5.41, 5.74) is -0.166. The summed E-state index contributed by atoms with van der Waals surface area (Å²) in [5.74, 6) is -0.00773. The number of carbonyl (C=O) groups is 3. The smallest absolute Gasteiger partial charge is 0.415 e. The fourth-order valence-corrected chi connectivity index (χ4v) is 5.08. The number of methoxy groups -OCH3 is 1. The summed E-state index contributed by atoms with van der Waals surface area (Å²) in [6.07, 6.45) is 1.88. The number of halogens is 1. The zero-order chi connectivity index (χ0) is 31.6. The lowest BCUT2D eigenvalue weighted by molar-refractivity contribution is -0.131. The summed E-state index contributed by atoms with van der Waals surface area (Å²) in [7, 11) is 3.50. The Morgan fingerprint density at radius 1 is 0.867 bits per heavy atom. The summed E-state index contributed by atoms with van der Waals surface area (Å²) in [6, 6.07) is 17.6. The molecule has 1 aliphatic carbocycles. The number of ether oxygens (including phenoxy) is 3. The highest BCUT2D eigenvalue weighted by molar-refractivity contribution is 6.17. The molecule has 2 heterocycles. The molecule has 4 aromatic rings. The molecule has 0 unspecified atom stereocenters. The van der Waals surface area contributed by atoms with E-state index in [-0.39, 0.29) is 11.4 Å². The van der Waals surface area contributed by atoms with Gasteiger partial charge in [-0.2, -0.15) is 0 Å². The zero-order valence-electron chi connectivity index (χ0n) is 24.8. The van der Waals surface area contributed by atoms with Gasteiger partial charge in [-0.25, -0.2) is 9.18 Å². The van der Waals surface area contributed by atoms with Gasteiger partial charge in [0.05, 0.1) is 18.3 Å². The van der Waals surface area contributed by atoms with Crippen LogP contribution in [0.1, 0.15) is 12.8 Å². The minimum atomic E-state index is -1.25. The van der Waals surface area contributed by atoms with Crippen LogP contribution in [-0.4, -0.2) is 73.0 Å². The Hall–Kier alpha value is -5.23. The van der Waals surface area contributed by atoms with Crippen LogP contribution in [-0.2, 0) is 9.59 Å². The van der Waals surface area contributed by atoms with Crippen molar-refractivity contribution in [1.29, 1.82) is 0 Å². The summed E-state index contributed by atoms with van der Waals surface area (Å²) in [4.78, 5) is 47.0. The number of benzene rings is 3. The molecule has 11 nitrogen and oxygen atoms in total. The van der Waals surface area contributed by atoms with Gasteiger partial charge in [0.25, 0.3) is 0 Å². The van der Waals surface area contributed by atoms with Crippen molar-refractivity contribution in [2.75, 3.05) is 51.0 Å². The van der Waals surface area contributed by atoms with Gasteiger partial charge in [-0.1, -0.05) is 12.1 Å². The van der Waals surface area contributed by atoms with Crippen LogP contribution in [0.3, 0.4) is 0 Å². The van der Waals surface area contributed by atoms with E-state index in [4.69, 9.17) is 14.2 Å². The van der Waals surface area contributed by atoms with E-state index in [1.807, 2.05) is 7.05 Å². The predicted octanol–water partition coefficient (Wildman–Crippen LogP) is 5.28. The molecular weight excluding hydrogens is 581 g/mol. The third-order valence-corrected chi connectivity index (χ3v) is 8.03. The van der Waals surface area contributed by atoms with Crippen molar-refractivity contribution < 1.29 is 33.0 Å². The molecule has 0 spiro atoms. The first-order valence-corrected chi connectivity index (χ1v) is 14.5. The first-order valence-electron chi connectivity index (χ1n) is 14.5. The quantitative estimate of drug-likeness (QED) is 0.258. The van der Waals surface area contributed by atoms with E-state index in [9.17, 15) is 18.8 Å². The van der Waals surface area contributed by atoms with Gasteiger partial charge in [0, 0.05) is 49.5 Å². The topological polar surface area (TPSA) is 122 Å². The number of nitrogens with one attached hydrogen (secondary N) is 2. The molecule has 2 fully saturated rings. The highest BCUT2D eigenvalue weighted by atomic mass is 19.1. The van der Waals surface area contributed by atoms with Gasteiger partial charge in [-0.3, -0.25) is 14.6 Å². The van der Waals surface area contributed by atoms with Crippen LogP contribution in [0.25, 0.3) is 10.9 Å². The van der Waals surface area contributed by atoms with Crippen molar-refractivity contribution in [3.8, 4) is 23.0 Å². The fourth-order valence-electron chi connectivity index (χ4n) is 5.08. The number of para-hydroxylation sites is 1. The molecule has 0 radical (unpaired) electrons. The van der Waals surface area contributed by atoms with Crippen LogP contribution in [0, 0.1) is 11.2 Å². The van der Waals surface area contributed by atoms with Gasteiger partial charge >= 0.3 is 6.09 Å². The third-order valence-electron chi connectivity index (χ3n) is 8.03.